The van der Waals surface area contributed by atoms with Crippen LogP contribution >= 0.6 is 0 Å². The number of benzene rings is 1. The molecule has 0 unspecified atom stereocenters. The van der Waals surface area contributed by atoms with Crippen molar-refractivity contribution in [3.63, 3.8) is 0 Å². The SMILES string of the molecule is N[C@H]1C(=O)N(C2CC2)[C@H]1c1cccc(F)c1. The normalized spacial score (nSPS) is 29.1. The van der Waals surface area contributed by atoms with Gasteiger partial charge in [0, 0.05) is 6.04 Å². The van der Waals surface area contributed by atoms with Crippen molar-refractivity contribution >= 4 is 5.91 Å². The van der Waals surface area contributed by atoms with Crippen molar-refractivity contribution in [2.24, 2.45) is 5.73 Å². The van der Waals surface area contributed by atoms with Crippen molar-refractivity contribution in [3.8, 4) is 0 Å². The minimum Gasteiger partial charge on any atom is -0.329 e. The maximum Gasteiger partial charge on any atom is 0.242 e. The lowest BCUT2D eigenvalue weighted by molar-refractivity contribution is -0.150. The largest absolute Gasteiger partial charge is 0.329 e. The van der Waals surface area contributed by atoms with E-state index in [2.05, 4.69) is 0 Å². The van der Waals surface area contributed by atoms with Gasteiger partial charge in [0.25, 0.3) is 0 Å². The lowest BCUT2D eigenvalue weighted by atomic mass is 9.89. The molecule has 2 aliphatic rings. The van der Waals surface area contributed by atoms with Crippen LogP contribution in [0.4, 0.5) is 4.39 Å². The third kappa shape index (κ3) is 1.33. The summed E-state index contributed by atoms with van der Waals surface area (Å²) >= 11 is 0. The molecule has 3 rings (SSSR count). The van der Waals surface area contributed by atoms with E-state index in [0.717, 1.165) is 18.4 Å². The molecule has 2 N–H and O–H groups in total. The Morgan fingerprint density at radius 1 is 1.38 bits per heavy atom. The molecule has 16 heavy (non-hydrogen) atoms. The Hall–Kier alpha value is -1.42. The number of nitrogens with zero attached hydrogens (tertiary/aromatic N) is 1. The molecule has 84 valence electrons. The van der Waals surface area contributed by atoms with Crippen LogP contribution in [-0.2, 0) is 4.79 Å². The first-order valence-corrected chi connectivity index (χ1v) is 5.51. The lowest BCUT2D eigenvalue weighted by Gasteiger charge is -2.46. The van der Waals surface area contributed by atoms with E-state index >= 15 is 0 Å². The maximum atomic E-state index is 13.1. The van der Waals surface area contributed by atoms with Crippen LogP contribution in [0.1, 0.15) is 24.4 Å². The van der Waals surface area contributed by atoms with Gasteiger partial charge in [-0.25, -0.2) is 4.39 Å². The minimum absolute atomic E-state index is 0.00300. The molecule has 1 saturated heterocycles. The van der Waals surface area contributed by atoms with E-state index < -0.39 is 6.04 Å². The molecule has 0 aromatic heterocycles. The average Bonchev–Trinajstić information content (AvgIpc) is 3.08. The number of nitrogens with two attached hydrogens (primary N) is 1. The summed E-state index contributed by atoms with van der Waals surface area (Å²) < 4.78 is 13.1. The molecule has 0 spiro atoms. The van der Waals surface area contributed by atoms with E-state index in [1.807, 2.05) is 6.07 Å². The van der Waals surface area contributed by atoms with Gasteiger partial charge in [0.1, 0.15) is 11.9 Å². The number of hydrogen-bond donors (Lipinski definition) is 1. The van der Waals surface area contributed by atoms with E-state index in [-0.39, 0.29) is 17.8 Å². The summed E-state index contributed by atoms with van der Waals surface area (Å²) in [6, 6.07) is 6.06. The number of amides is 1. The number of carbonyl (C=O) groups is 1. The first kappa shape index (κ1) is 9.78. The van der Waals surface area contributed by atoms with Crippen LogP contribution in [0.25, 0.3) is 0 Å². The van der Waals surface area contributed by atoms with Gasteiger partial charge in [-0.15, -0.1) is 0 Å². The zero-order valence-corrected chi connectivity index (χ0v) is 8.77. The highest BCUT2D eigenvalue weighted by Gasteiger charge is 2.51. The molecule has 1 aliphatic heterocycles. The lowest BCUT2D eigenvalue weighted by Crippen LogP contribution is -2.63. The van der Waals surface area contributed by atoms with Gasteiger partial charge in [-0.1, -0.05) is 12.1 Å². The Morgan fingerprint density at radius 3 is 2.75 bits per heavy atom. The molecule has 1 saturated carbocycles. The molecule has 1 aliphatic carbocycles. The second-order valence-electron chi connectivity index (χ2n) is 4.50. The Labute approximate surface area is 93.0 Å². The number of halogens is 1. The highest BCUT2D eigenvalue weighted by atomic mass is 19.1. The summed E-state index contributed by atoms with van der Waals surface area (Å²) in [6.45, 7) is 0. The highest BCUT2D eigenvalue weighted by molar-refractivity contribution is 5.90. The molecule has 3 nitrogen and oxygen atoms in total. The van der Waals surface area contributed by atoms with Crippen LogP contribution in [-0.4, -0.2) is 22.9 Å². The summed E-state index contributed by atoms with van der Waals surface area (Å²) in [5.41, 5.74) is 6.60. The third-order valence-electron chi connectivity index (χ3n) is 3.31. The fourth-order valence-electron chi connectivity index (χ4n) is 2.35. The Bertz CT molecular complexity index is 444. The monoisotopic (exact) mass is 220 g/mol. The smallest absolute Gasteiger partial charge is 0.242 e. The van der Waals surface area contributed by atoms with Crippen LogP contribution in [0.3, 0.4) is 0 Å². The van der Waals surface area contributed by atoms with Crippen molar-refractivity contribution in [1.29, 1.82) is 0 Å². The van der Waals surface area contributed by atoms with Crippen LogP contribution in [0.15, 0.2) is 24.3 Å². The van der Waals surface area contributed by atoms with E-state index in [9.17, 15) is 9.18 Å². The molecular formula is C12H13FN2O. The quantitative estimate of drug-likeness (QED) is 0.761. The van der Waals surface area contributed by atoms with E-state index in [4.69, 9.17) is 5.73 Å². The topological polar surface area (TPSA) is 46.3 Å². The van der Waals surface area contributed by atoms with Gasteiger partial charge in [-0.3, -0.25) is 4.79 Å². The Kier molecular flexibility index (Phi) is 2.01. The summed E-state index contributed by atoms with van der Waals surface area (Å²) in [4.78, 5) is 13.4. The first-order valence-electron chi connectivity index (χ1n) is 5.51. The molecule has 2 fully saturated rings. The number of carbonyl (C=O) groups excluding carboxylic acids is 1. The summed E-state index contributed by atoms with van der Waals surface area (Å²) in [5, 5.41) is 0. The van der Waals surface area contributed by atoms with Crippen LogP contribution < -0.4 is 5.73 Å². The summed E-state index contributed by atoms with van der Waals surface area (Å²) in [5.74, 6) is -0.281. The van der Waals surface area contributed by atoms with Gasteiger partial charge in [0.15, 0.2) is 0 Å². The Morgan fingerprint density at radius 2 is 2.12 bits per heavy atom. The second-order valence-corrected chi connectivity index (χ2v) is 4.50. The number of hydrogen-bond acceptors (Lipinski definition) is 2. The molecule has 2 atom stereocenters. The molecule has 1 amide bonds. The zero-order chi connectivity index (χ0) is 11.3. The van der Waals surface area contributed by atoms with Crippen molar-refractivity contribution in [2.45, 2.75) is 31.0 Å². The van der Waals surface area contributed by atoms with Gasteiger partial charge < -0.3 is 10.6 Å². The van der Waals surface area contributed by atoms with Crippen molar-refractivity contribution in [1.82, 2.24) is 4.90 Å². The molecule has 0 bridgehead atoms. The summed E-state index contributed by atoms with van der Waals surface area (Å²) in [6.07, 6.45) is 2.09. The van der Waals surface area contributed by atoms with E-state index in [0.29, 0.717) is 6.04 Å². The second kappa shape index (κ2) is 3.28. The van der Waals surface area contributed by atoms with Crippen LogP contribution in [0.2, 0.25) is 0 Å². The molecule has 1 aromatic carbocycles. The minimum atomic E-state index is -0.498. The van der Waals surface area contributed by atoms with E-state index in [1.165, 1.54) is 12.1 Å². The van der Waals surface area contributed by atoms with Crippen LogP contribution in [0, 0.1) is 5.82 Å². The average molecular weight is 220 g/mol. The van der Waals surface area contributed by atoms with Gasteiger partial charge in [0.05, 0.1) is 6.04 Å². The maximum absolute atomic E-state index is 13.1. The van der Waals surface area contributed by atoms with Gasteiger partial charge in [0.2, 0.25) is 5.91 Å². The van der Waals surface area contributed by atoms with Gasteiger partial charge >= 0.3 is 0 Å². The Balaban J connectivity index is 1.90. The predicted octanol–water partition coefficient (Wildman–Crippen LogP) is 1.20. The fraction of sp³-hybridized carbons (Fsp3) is 0.417. The predicted molar refractivity (Wildman–Crippen MR) is 57.0 cm³/mol. The molecule has 4 heteroatoms. The molecule has 0 radical (unpaired) electrons. The first-order chi connectivity index (χ1) is 7.68. The molecule has 1 aromatic rings. The summed E-state index contributed by atoms with van der Waals surface area (Å²) in [7, 11) is 0. The number of rotatable bonds is 2. The number of β-lactam (4-membered cyclic amide) rings is 1. The van der Waals surface area contributed by atoms with Crippen molar-refractivity contribution in [2.75, 3.05) is 0 Å². The highest BCUT2D eigenvalue weighted by Crippen LogP contribution is 2.42. The third-order valence-corrected chi connectivity index (χ3v) is 3.31. The zero-order valence-electron chi connectivity index (χ0n) is 8.77. The van der Waals surface area contributed by atoms with Crippen LogP contribution in [0.5, 0.6) is 0 Å². The number of likely N-dealkylation sites (tertiary alicyclic amines) is 1. The standard InChI is InChI=1S/C12H13FN2O/c13-8-3-1-2-7(6-8)11-10(14)12(16)15(11)9-4-5-9/h1-3,6,9-11H,4-5,14H2/t10-,11+/m1/s1. The van der Waals surface area contributed by atoms with Crippen molar-refractivity contribution in [3.05, 3.63) is 35.6 Å². The molecule has 1 heterocycles. The van der Waals surface area contributed by atoms with Gasteiger partial charge in [-0.05, 0) is 30.5 Å². The van der Waals surface area contributed by atoms with Gasteiger partial charge in [-0.2, -0.15) is 0 Å². The van der Waals surface area contributed by atoms with E-state index in [1.54, 1.807) is 11.0 Å². The van der Waals surface area contributed by atoms with Crippen molar-refractivity contribution < 1.29 is 9.18 Å². The fourth-order valence-corrected chi connectivity index (χ4v) is 2.35. The molecular weight excluding hydrogens is 207 g/mol.